The van der Waals surface area contributed by atoms with Crippen LogP contribution in [0, 0.1) is 12.7 Å². The van der Waals surface area contributed by atoms with Gasteiger partial charge in [-0.2, -0.15) is 0 Å². The van der Waals surface area contributed by atoms with Crippen LogP contribution in [0.15, 0.2) is 18.2 Å². The molecule has 2 N–H and O–H groups in total. The number of ether oxygens (including phenoxy) is 1. The van der Waals surface area contributed by atoms with Crippen LogP contribution in [0.2, 0.25) is 0 Å². The zero-order valence-corrected chi connectivity index (χ0v) is 11.0. The molecule has 1 aliphatic rings. The first-order valence-electron chi connectivity index (χ1n) is 6.49. The average molecular weight is 252 g/mol. The maximum Gasteiger partial charge on any atom is 0.146 e. The van der Waals surface area contributed by atoms with Gasteiger partial charge >= 0.3 is 0 Å². The second-order valence-electron chi connectivity index (χ2n) is 4.99. The molecule has 100 valence electrons. The summed E-state index contributed by atoms with van der Waals surface area (Å²) in [4.78, 5) is 0. The summed E-state index contributed by atoms with van der Waals surface area (Å²) >= 11 is 0. The van der Waals surface area contributed by atoms with Crippen LogP contribution in [0.3, 0.4) is 0 Å². The summed E-state index contributed by atoms with van der Waals surface area (Å²) in [6.45, 7) is 6.45. The van der Waals surface area contributed by atoms with Gasteiger partial charge in [0.1, 0.15) is 5.82 Å². The Kier molecular flexibility index (Phi) is 4.55. The van der Waals surface area contributed by atoms with E-state index in [1.165, 1.54) is 6.07 Å². The molecule has 0 spiro atoms. The summed E-state index contributed by atoms with van der Waals surface area (Å²) in [6, 6.07) is 5.69. The van der Waals surface area contributed by atoms with Crippen molar-refractivity contribution in [2.75, 3.05) is 25.1 Å². The second-order valence-corrected chi connectivity index (χ2v) is 4.99. The van der Waals surface area contributed by atoms with Crippen molar-refractivity contribution >= 4 is 5.69 Å². The molecule has 0 amide bonds. The van der Waals surface area contributed by atoms with E-state index in [-0.39, 0.29) is 11.9 Å². The fourth-order valence-electron chi connectivity index (χ4n) is 2.27. The van der Waals surface area contributed by atoms with E-state index in [9.17, 15) is 4.39 Å². The van der Waals surface area contributed by atoms with E-state index in [4.69, 9.17) is 4.74 Å². The monoisotopic (exact) mass is 252 g/mol. The molecular weight excluding hydrogens is 231 g/mol. The lowest BCUT2D eigenvalue weighted by atomic mass is 10.1. The zero-order chi connectivity index (χ0) is 13.0. The number of morpholine rings is 1. The first kappa shape index (κ1) is 13.3. The number of hydrogen-bond acceptors (Lipinski definition) is 3. The van der Waals surface area contributed by atoms with Gasteiger partial charge in [0.05, 0.1) is 18.9 Å². The van der Waals surface area contributed by atoms with Crippen LogP contribution in [0.25, 0.3) is 0 Å². The minimum absolute atomic E-state index is 0.194. The highest BCUT2D eigenvalue weighted by Crippen LogP contribution is 2.18. The summed E-state index contributed by atoms with van der Waals surface area (Å²) < 4.78 is 19.0. The second kappa shape index (κ2) is 6.16. The van der Waals surface area contributed by atoms with Crippen molar-refractivity contribution in [3.63, 3.8) is 0 Å². The van der Waals surface area contributed by atoms with Crippen LogP contribution >= 0.6 is 0 Å². The van der Waals surface area contributed by atoms with Crippen molar-refractivity contribution in [1.82, 2.24) is 5.32 Å². The highest BCUT2D eigenvalue weighted by molar-refractivity contribution is 5.47. The molecule has 0 radical (unpaired) electrons. The zero-order valence-electron chi connectivity index (χ0n) is 11.0. The average Bonchev–Trinajstić information content (AvgIpc) is 2.35. The summed E-state index contributed by atoms with van der Waals surface area (Å²) in [6.07, 6.45) is 0.924. The van der Waals surface area contributed by atoms with Crippen molar-refractivity contribution in [3.8, 4) is 0 Å². The first-order chi connectivity index (χ1) is 8.65. The lowest BCUT2D eigenvalue weighted by Gasteiger charge is -2.27. The Morgan fingerprint density at radius 3 is 3.11 bits per heavy atom. The van der Waals surface area contributed by atoms with E-state index < -0.39 is 0 Å². The van der Waals surface area contributed by atoms with Gasteiger partial charge in [-0.1, -0.05) is 6.07 Å². The third-order valence-corrected chi connectivity index (χ3v) is 3.16. The molecule has 1 heterocycles. The largest absolute Gasteiger partial charge is 0.380 e. The van der Waals surface area contributed by atoms with E-state index in [0.717, 1.165) is 31.7 Å². The number of hydrogen-bond donors (Lipinski definition) is 2. The maximum absolute atomic E-state index is 13.6. The number of halogens is 1. The SMILES string of the molecule is Cc1ccc(F)c(NC(C)CC2COCCN2)c1. The van der Waals surface area contributed by atoms with Gasteiger partial charge in [0.2, 0.25) is 0 Å². The molecule has 2 rings (SSSR count). The quantitative estimate of drug-likeness (QED) is 0.862. The Labute approximate surface area is 108 Å². The van der Waals surface area contributed by atoms with Crippen molar-refractivity contribution in [2.45, 2.75) is 32.4 Å². The lowest BCUT2D eigenvalue weighted by molar-refractivity contribution is 0.0731. The minimum Gasteiger partial charge on any atom is -0.380 e. The van der Waals surface area contributed by atoms with E-state index >= 15 is 0 Å². The summed E-state index contributed by atoms with van der Waals surface area (Å²) in [5.74, 6) is -0.194. The number of benzene rings is 1. The van der Waals surface area contributed by atoms with Crippen LogP contribution in [0.1, 0.15) is 18.9 Å². The third kappa shape index (κ3) is 3.68. The molecule has 0 bridgehead atoms. The molecule has 2 atom stereocenters. The highest BCUT2D eigenvalue weighted by Gasteiger charge is 2.16. The predicted octanol–water partition coefficient (Wildman–Crippen LogP) is 2.31. The van der Waals surface area contributed by atoms with E-state index in [2.05, 4.69) is 17.6 Å². The van der Waals surface area contributed by atoms with Crippen molar-refractivity contribution < 1.29 is 9.13 Å². The standard InChI is InChI=1S/C14H21FN2O/c1-10-3-4-13(15)14(7-10)17-11(2)8-12-9-18-6-5-16-12/h3-4,7,11-12,16-17H,5-6,8-9H2,1-2H3. The normalized spacial score (nSPS) is 21.6. The van der Waals surface area contributed by atoms with Gasteiger partial charge in [0.25, 0.3) is 0 Å². The topological polar surface area (TPSA) is 33.3 Å². The van der Waals surface area contributed by atoms with Gasteiger partial charge in [0, 0.05) is 18.6 Å². The van der Waals surface area contributed by atoms with Crippen LogP contribution in [-0.4, -0.2) is 31.8 Å². The van der Waals surface area contributed by atoms with E-state index in [1.54, 1.807) is 6.07 Å². The van der Waals surface area contributed by atoms with Crippen LogP contribution < -0.4 is 10.6 Å². The van der Waals surface area contributed by atoms with E-state index in [0.29, 0.717) is 11.7 Å². The summed E-state index contributed by atoms with van der Waals surface area (Å²) in [7, 11) is 0. The van der Waals surface area contributed by atoms with Crippen molar-refractivity contribution in [1.29, 1.82) is 0 Å². The number of nitrogens with one attached hydrogen (secondary N) is 2. The van der Waals surface area contributed by atoms with Gasteiger partial charge in [-0.25, -0.2) is 4.39 Å². The van der Waals surface area contributed by atoms with Gasteiger partial charge in [0.15, 0.2) is 0 Å². The van der Waals surface area contributed by atoms with Crippen LogP contribution in [-0.2, 0) is 4.74 Å². The van der Waals surface area contributed by atoms with Crippen LogP contribution in [0.5, 0.6) is 0 Å². The molecule has 0 aliphatic carbocycles. The molecular formula is C14H21FN2O. The number of rotatable bonds is 4. The molecule has 0 saturated carbocycles. The number of anilines is 1. The molecule has 1 saturated heterocycles. The first-order valence-corrected chi connectivity index (χ1v) is 6.49. The van der Waals surface area contributed by atoms with Crippen molar-refractivity contribution in [3.05, 3.63) is 29.6 Å². The molecule has 1 aromatic carbocycles. The molecule has 4 heteroatoms. The summed E-state index contributed by atoms with van der Waals surface area (Å²) in [5, 5.41) is 6.63. The lowest BCUT2D eigenvalue weighted by Crippen LogP contribution is -2.43. The Morgan fingerprint density at radius 2 is 2.39 bits per heavy atom. The molecule has 18 heavy (non-hydrogen) atoms. The fourth-order valence-corrected chi connectivity index (χ4v) is 2.27. The minimum atomic E-state index is -0.194. The predicted molar refractivity (Wildman–Crippen MR) is 71.4 cm³/mol. The smallest absolute Gasteiger partial charge is 0.146 e. The molecule has 0 aromatic heterocycles. The molecule has 1 aromatic rings. The molecule has 3 nitrogen and oxygen atoms in total. The molecule has 1 aliphatic heterocycles. The maximum atomic E-state index is 13.6. The fraction of sp³-hybridized carbons (Fsp3) is 0.571. The summed E-state index contributed by atoms with van der Waals surface area (Å²) in [5.41, 5.74) is 1.64. The van der Waals surface area contributed by atoms with E-state index in [1.807, 2.05) is 13.0 Å². The molecule has 1 fully saturated rings. The van der Waals surface area contributed by atoms with Crippen LogP contribution in [0.4, 0.5) is 10.1 Å². The third-order valence-electron chi connectivity index (χ3n) is 3.16. The van der Waals surface area contributed by atoms with Gasteiger partial charge in [-0.15, -0.1) is 0 Å². The van der Waals surface area contributed by atoms with Gasteiger partial charge in [-0.05, 0) is 38.0 Å². The Balaban J connectivity index is 1.89. The molecule has 2 unspecified atom stereocenters. The highest BCUT2D eigenvalue weighted by atomic mass is 19.1. The van der Waals surface area contributed by atoms with Gasteiger partial charge in [-0.3, -0.25) is 0 Å². The van der Waals surface area contributed by atoms with Gasteiger partial charge < -0.3 is 15.4 Å². The number of aryl methyl sites for hydroxylation is 1. The van der Waals surface area contributed by atoms with Crippen molar-refractivity contribution in [2.24, 2.45) is 0 Å². The Bertz CT molecular complexity index is 391. The Hall–Kier alpha value is -1.13. The Morgan fingerprint density at radius 1 is 1.56 bits per heavy atom.